The fourth-order valence-electron chi connectivity index (χ4n) is 1.86. The number of ether oxygens (including phenoxy) is 1. The second kappa shape index (κ2) is 7.29. The number of aliphatic hydroxyl groups is 1. The minimum atomic E-state index is -0.704. The van der Waals surface area contributed by atoms with E-state index in [0.717, 1.165) is 5.56 Å². The molecule has 0 aliphatic carbocycles. The maximum Gasteiger partial charge on any atom is 0.125 e. The quantitative estimate of drug-likeness (QED) is 0.856. The Morgan fingerprint density at radius 2 is 1.95 bits per heavy atom. The van der Waals surface area contributed by atoms with Gasteiger partial charge in [-0.2, -0.15) is 0 Å². The van der Waals surface area contributed by atoms with Crippen molar-refractivity contribution in [1.82, 2.24) is 0 Å². The molecule has 0 aliphatic rings. The topological polar surface area (TPSA) is 41.5 Å². The highest BCUT2D eigenvalue weighted by molar-refractivity contribution is 6.30. The molecule has 0 bridgehead atoms. The molecule has 0 fully saturated rings. The Morgan fingerprint density at radius 1 is 1.24 bits per heavy atom. The fourth-order valence-corrected chi connectivity index (χ4v) is 1.98. The molecule has 1 unspecified atom stereocenters. The van der Waals surface area contributed by atoms with Gasteiger partial charge in [0, 0.05) is 17.3 Å². The Hall–Kier alpha value is -1.78. The van der Waals surface area contributed by atoms with E-state index in [2.05, 4.69) is 5.32 Å². The zero-order valence-corrected chi connectivity index (χ0v) is 12.4. The van der Waals surface area contributed by atoms with E-state index in [4.69, 9.17) is 16.3 Å². The van der Waals surface area contributed by atoms with Crippen LogP contribution in [0.3, 0.4) is 0 Å². The zero-order valence-electron chi connectivity index (χ0n) is 11.6. The summed E-state index contributed by atoms with van der Waals surface area (Å²) in [5, 5.41) is 13.5. The molecule has 0 heterocycles. The summed E-state index contributed by atoms with van der Waals surface area (Å²) in [6, 6.07) is 11.6. The van der Waals surface area contributed by atoms with Crippen molar-refractivity contribution in [3.63, 3.8) is 0 Å². The Labute approximate surface area is 128 Å². The largest absolute Gasteiger partial charge is 0.491 e. The van der Waals surface area contributed by atoms with E-state index in [0.29, 0.717) is 16.5 Å². The number of aryl methyl sites for hydroxylation is 1. The molecule has 2 rings (SSSR count). The number of anilines is 1. The minimum absolute atomic E-state index is 0.142. The van der Waals surface area contributed by atoms with Crippen LogP contribution in [-0.2, 0) is 0 Å². The van der Waals surface area contributed by atoms with E-state index in [9.17, 15) is 9.50 Å². The van der Waals surface area contributed by atoms with Crippen molar-refractivity contribution in [2.24, 2.45) is 0 Å². The van der Waals surface area contributed by atoms with Gasteiger partial charge in [-0.15, -0.1) is 0 Å². The Kier molecular flexibility index (Phi) is 5.42. The highest BCUT2D eigenvalue weighted by Crippen LogP contribution is 2.16. The number of halogens is 2. The van der Waals surface area contributed by atoms with Crippen molar-refractivity contribution in [2.45, 2.75) is 13.0 Å². The third kappa shape index (κ3) is 5.25. The lowest BCUT2D eigenvalue weighted by Gasteiger charge is -2.14. The van der Waals surface area contributed by atoms with Crippen LogP contribution in [0, 0.1) is 12.7 Å². The summed E-state index contributed by atoms with van der Waals surface area (Å²) in [5.74, 6) is 0.337. The van der Waals surface area contributed by atoms with Gasteiger partial charge in [-0.05, 0) is 55.0 Å². The number of benzene rings is 2. The van der Waals surface area contributed by atoms with Crippen LogP contribution >= 0.6 is 11.6 Å². The van der Waals surface area contributed by atoms with Crippen molar-refractivity contribution in [2.75, 3.05) is 18.5 Å². The molecule has 112 valence electrons. The number of rotatable bonds is 6. The summed E-state index contributed by atoms with van der Waals surface area (Å²) in [7, 11) is 0. The average molecular weight is 310 g/mol. The molecule has 2 aromatic rings. The maximum atomic E-state index is 13.2. The lowest BCUT2D eigenvalue weighted by molar-refractivity contribution is 0.117. The van der Waals surface area contributed by atoms with Crippen LogP contribution in [0.2, 0.25) is 5.02 Å². The van der Waals surface area contributed by atoms with Gasteiger partial charge in [-0.25, -0.2) is 4.39 Å². The summed E-state index contributed by atoms with van der Waals surface area (Å²) in [5.41, 5.74) is 1.46. The standard InChI is InChI=1S/C16H17ClFNO2/c1-11-6-13(18)8-14(7-11)19-9-15(20)10-21-16-4-2-12(17)3-5-16/h2-8,15,19-20H,9-10H2,1H3. The van der Waals surface area contributed by atoms with Gasteiger partial charge in [0.05, 0.1) is 0 Å². The molecule has 0 aliphatic heterocycles. The van der Waals surface area contributed by atoms with E-state index in [1.165, 1.54) is 12.1 Å². The van der Waals surface area contributed by atoms with Crippen LogP contribution in [0.15, 0.2) is 42.5 Å². The SMILES string of the molecule is Cc1cc(F)cc(NCC(O)COc2ccc(Cl)cc2)c1. The molecule has 1 atom stereocenters. The molecule has 2 aromatic carbocycles. The highest BCUT2D eigenvalue weighted by Gasteiger charge is 2.06. The van der Waals surface area contributed by atoms with Crippen molar-refractivity contribution in [1.29, 1.82) is 0 Å². The molecule has 0 spiro atoms. The molecule has 5 heteroatoms. The molecule has 0 aromatic heterocycles. The van der Waals surface area contributed by atoms with E-state index in [1.54, 1.807) is 24.3 Å². The smallest absolute Gasteiger partial charge is 0.125 e. The third-order valence-electron chi connectivity index (χ3n) is 2.84. The van der Waals surface area contributed by atoms with Crippen LogP contribution in [-0.4, -0.2) is 24.4 Å². The summed E-state index contributed by atoms with van der Waals surface area (Å²) in [6.45, 7) is 2.23. The van der Waals surface area contributed by atoms with Crippen molar-refractivity contribution in [3.8, 4) is 5.75 Å². The van der Waals surface area contributed by atoms with Gasteiger partial charge < -0.3 is 15.2 Å². The van der Waals surface area contributed by atoms with E-state index < -0.39 is 6.10 Å². The van der Waals surface area contributed by atoms with Gasteiger partial charge in [0.2, 0.25) is 0 Å². The van der Waals surface area contributed by atoms with Gasteiger partial charge in [-0.1, -0.05) is 11.6 Å². The minimum Gasteiger partial charge on any atom is -0.491 e. The van der Waals surface area contributed by atoms with Crippen molar-refractivity contribution >= 4 is 17.3 Å². The van der Waals surface area contributed by atoms with Crippen LogP contribution in [0.1, 0.15) is 5.56 Å². The van der Waals surface area contributed by atoms with Gasteiger partial charge in [0.25, 0.3) is 0 Å². The first-order chi connectivity index (χ1) is 10.0. The number of aliphatic hydroxyl groups excluding tert-OH is 1. The van der Waals surface area contributed by atoms with Gasteiger partial charge in [0.1, 0.15) is 24.3 Å². The van der Waals surface area contributed by atoms with Crippen molar-refractivity contribution < 1.29 is 14.2 Å². The second-order valence-corrected chi connectivity index (χ2v) is 5.25. The summed E-state index contributed by atoms with van der Waals surface area (Å²) in [4.78, 5) is 0. The molecule has 2 N–H and O–H groups in total. The maximum absolute atomic E-state index is 13.2. The van der Waals surface area contributed by atoms with Gasteiger partial charge >= 0.3 is 0 Å². The van der Waals surface area contributed by atoms with Crippen LogP contribution in [0.25, 0.3) is 0 Å². The Balaban J connectivity index is 1.79. The molecule has 0 amide bonds. The fraction of sp³-hybridized carbons (Fsp3) is 0.250. The summed E-state index contributed by atoms with van der Waals surface area (Å²) < 4.78 is 18.7. The Morgan fingerprint density at radius 3 is 2.62 bits per heavy atom. The van der Waals surface area contributed by atoms with Crippen LogP contribution in [0.4, 0.5) is 10.1 Å². The molecular formula is C16H17ClFNO2. The number of hydrogen-bond acceptors (Lipinski definition) is 3. The first kappa shape index (κ1) is 15.6. The highest BCUT2D eigenvalue weighted by atomic mass is 35.5. The number of hydrogen-bond donors (Lipinski definition) is 2. The normalized spacial score (nSPS) is 12.0. The molecule has 3 nitrogen and oxygen atoms in total. The van der Waals surface area contributed by atoms with Crippen LogP contribution < -0.4 is 10.1 Å². The lowest BCUT2D eigenvalue weighted by atomic mass is 10.2. The molecule has 0 radical (unpaired) electrons. The first-order valence-electron chi connectivity index (χ1n) is 6.60. The van der Waals surface area contributed by atoms with Crippen LogP contribution in [0.5, 0.6) is 5.75 Å². The molecular weight excluding hydrogens is 293 g/mol. The van der Waals surface area contributed by atoms with Gasteiger partial charge in [0.15, 0.2) is 0 Å². The van der Waals surface area contributed by atoms with Crippen molar-refractivity contribution in [3.05, 3.63) is 58.9 Å². The monoisotopic (exact) mass is 309 g/mol. The summed E-state index contributed by atoms with van der Waals surface area (Å²) >= 11 is 5.77. The van der Waals surface area contributed by atoms with E-state index >= 15 is 0 Å². The molecule has 0 saturated carbocycles. The first-order valence-corrected chi connectivity index (χ1v) is 6.98. The van der Waals surface area contributed by atoms with Gasteiger partial charge in [-0.3, -0.25) is 0 Å². The average Bonchev–Trinajstić information content (AvgIpc) is 2.43. The zero-order chi connectivity index (χ0) is 15.2. The molecule has 0 saturated heterocycles. The lowest BCUT2D eigenvalue weighted by Crippen LogP contribution is -2.26. The summed E-state index contributed by atoms with van der Waals surface area (Å²) in [6.07, 6.45) is -0.704. The second-order valence-electron chi connectivity index (χ2n) is 4.82. The molecule has 21 heavy (non-hydrogen) atoms. The number of nitrogens with one attached hydrogen (secondary N) is 1. The third-order valence-corrected chi connectivity index (χ3v) is 3.09. The van der Waals surface area contributed by atoms with E-state index in [1.807, 2.05) is 13.0 Å². The van der Waals surface area contributed by atoms with E-state index in [-0.39, 0.29) is 19.0 Å². The predicted molar refractivity (Wildman–Crippen MR) is 82.6 cm³/mol. The Bertz CT molecular complexity index is 569. The predicted octanol–water partition coefficient (Wildman–Crippen LogP) is 3.64.